The van der Waals surface area contributed by atoms with Gasteiger partial charge in [-0.1, -0.05) is 32.1 Å². The molecule has 178 valence electrons. The van der Waals surface area contributed by atoms with E-state index in [0.717, 1.165) is 34.4 Å². The first kappa shape index (κ1) is 24.0. The zero-order chi connectivity index (χ0) is 24.3. The van der Waals surface area contributed by atoms with Gasteiger partial charge in [0.25, 0.3) is 0 Å². The Bertz CT molecular complexity index is 1230. The molecule has 0 aliphatic heterocycles. The summed E-state index contributed by atoms with van der Waals surface area (Å²) in [6.45, 7) is 4.69. The first-order valence-corrected chi connectivity index (χ1v) is 12.0. The van der Waals surface area contributed by atoms with Crippen LogP contribution in [0.5, 0.6) is 11.5 Å². The molecule has 34 heavy (non-hydrogen) atoms. The summed E-state index contributed by atoms with van der Waals surface area (Å²) in [7, 11) is 1.56. The van der Waals surface area contributed by atoms with Gasteiger partial charge in [0.15, 0.2) is 0 Å². The minimum absolute atomic E-state index is 0.0572. The molecule has 1 heterocycles. The number of aliphatic carboxylic acids is 1. The maximum absolute atomic E-state index is 14.9. The standard InChI is InChI=1S/C27H28FNO4S/c1-27(2)13-5-8-21(27)25-23(16-33-19-7-4-6-17(14-19)9-12-24(30)31)34-29-26(25)20-15-18(32-3)10-11-22(20)28/h4,6-8,10-11,14-15H,5,9,12-13,16H2,1-3H3,(H,30,31). The highest BCUT2D eigenvalue weighted by molar-refractivity contribution is 7.06. The first-order valence-electron chi connectivity index (χ1n) is 11.3. The molecule has 0 saturated heterocycles. The second-order valence-electron chi connectivity index (χ2n) is 9.05. The van der Waals surface area contributed by atoms with E-state index < -0.39 is 5.97 Å². The van der Waals surface area contributed by atoms with Gasteiger partial charge in [-0.05, 0) is 77.7 Å². The van der Waals surface area contributed by atoms with Crippen LogP contribution in [0.4, 0.5) is 4.39 Å². The van der Waals surface area contributed by atoms with Crippen LogP contribution in [0, 0.1) is 11.2 Å². The van der Waals surface area contributed by atoms with Crippen molar-refractivity contribution in [3.63, 3.8) is 0 Å². The number of rotatable bonds is 9. The summed E-state index contributed by atoms with van der Waals surface area (Å²) in [6, 6.07) is 12.2. The highest BCUT2D eigenvalue weighted by atomic mass is 32.1. The Morgan fingerprint density at radius 2 is 2.03 bits per heavy atom. The third-order valence-electron chi connectivity index (χ3n) is 6.20. The number of halogens is 1. The van der Waals surface area contributed by atoms with Gasteiger partial charge < -0.3 is 14.6 Å². The van der Waals surface area contributed by atoms with Crippen LogP contribution in [-0.2, 0) is 17.8 Å². The van der Waals surface area contributed by atoms with E-state index in [1.165, 1.54) is 17.6 Å². The van der Waals surface area contributed by atoms with Crippen molar-refractivity contribution in [1.82, 2.24) is 4.37 Å². The first-order chi connectivity index (χ1) is 16.3. The Hall–Kier alpha value is -3.19. The van der Waals surface area contributed by atoms with Crippen LogP contribution in [0.2, 0.25) is 0 Å². The van der Waals surface area contributed by atoms with Gasteiger partial charge >= 0.3 is 5.97 Å². The Kier molecular flexibility index (Phi) is 7.03. The normalized spacial score (nSPS) is 14.6. The van der Waals surface area contributed by atoms with Crippen LogP contribution in [-0.4, -0.2) is 22.6 Å². The maximum Gasteiger partial charge on any atom is 0.303 e. The van der Waals surface area contributed by atoms with E-state index in [9.17, 15) is 9.18 Å². The monoisotopic (exact) mass is 481 g/mol. The van der Waals surface area contributed by atoms with Crippen molar-refractivity contribution in [3.05, 3.63) is 70.4 Å². The fraction of sp³-hybridized carbons (Fsp3) is 0.333. The summed E-state index contributed by atoms with van der Waals surface area (Å²) in [5.74, 6) is 0.0646. The van der Waals surface area contributed by atoms with E-state index in [1.54, 1.807) is 19.2 Å². The van der Waals surface area contributed by atoms with E-state index in [0.29, 0.717) is 29.2 Å². The van der Waals surface area contributed by atoms with Crippen LogP contribution in [0.25, 0.3) is 16.8 Å². The van der Waals surface area contributed by atoms with Crippen molar-refractivity contribution >= 4 is 23.1 Å². The van der Waals surface area contributed by atoms with E-state index in [1.807, 2.05) is 24.3 Å². The molecule has 2 aromatic carbocycles. The maximum atomic E-state index is 14.9. The molecule has 1 aliphatic carbocycles. The van der Waals surface area contributed by atoms with Crippen LogP contribution in [0.15, 0.2) is 48.5 Å². The number of nitrogens with zero attached hydrogens (tertiary/aromatic N) is 1. The van der Waals surface area contributed by atoms with Gasteiger partial charge in [0.1, 0.15) is 23.9 Å². The molecule has 0 spiro atoms. The van der Waals surface area contributed by atoms with E-state index in [-0.39, 0.29) is 24.3 Å². The van der Waals surface area contributed by atoms with Crippen molar-refractivity contribution in [3.8, 4) is 22.8 Å². The lowest BCUT2D eigenvalue weighted by molar-refractivity contribution is -0.136. The average Bonchev–Trinajstić information content (AvgIpc) is 3.38. The summed E-state index contributed by atoms with van der Waals surface area (Å²) in [6.07, 6.45) is 4.72. The van der Waals surface area contributed by atoms with Gasteiger partial charge in [-0.25, -0.2) is 4.39 Å². The van der Waals surface area contributed by atoms with Crippen LogP contribution >= 0.6 is 11.5 Å². The molecule has 0 radical (unpaired) electrons. The minimum Gasteiger partial charge on any atom is -0.497 e. The average molecular weight is 482 g/mol. The number of methoxy groups -OCH3 is 1. The molecule has 0 unspecified atom stereocenters. The molecule has 0 bridgehead atoms. The Balaban J connectivity index is 1.68. The number of aromatic nitrogens is 1. The SMILES string of the molecule is COc1ccc(F)c(-c2nsc(COc3cccc(CCC(=O)O)c3)c2C2=CCCC2(C)C)c1. The fourth-order valence-corrected chi connectivity index (χ4v) is 5.12. The van der Waals surface area contributed by atoms with Crippen molar-refractivity contribution in [1.29, 1.82) is 0 Å². The molecule has 1 aromatic heterocycles. The quantitative estimate of drug-likeness (QED) is 0.366. The number of carboxylic acid groups (broad SMARTS) is 1. The highest BCUT2D eigenvalue weighted by Gasteiger charge is 2.33. The summed E-state index contributed by atoms with van der Waals surface area (Å²) < 4.78 is 31.0. The third-order valence-corrected chi connectivity index (χ3v) is 7.02. The molecule has 0 amide bonds. The second kappa shape index (κ2) is 9.97. The lowest BCUT2D eigenvalue weighted by Gasteiger charge is -2.24. The smallest absolute Gasteiger partial charge is 0.303 e. The number of hydrogen-bond acceptors (Lipinski definition) is 5. The molecule has 0 saturated carbocycles. The molecule has 3 aromatic rings. The Morgan fingerprint density at radius 1 is 1.21 bits per heavy atom. The second-order valence-corrected chi connectivity index (χ2v) is 9.90. The molecule has 0 atom stereocenters. The van der Waals surface area contributed by atoms with E-state index >= 15 is 0 Å². The minimum atomic E-state index is -0.828. The molecule has 1 aliphatic rings. The van der Waals surface area contributed by atoms with Gasteiger partial charge in [-0.3, -0.25) is 4.79 Å². The largest absolute Gasteiger partial charge is 0.497 e. The Morgan fingerprint density at radius 3 is 2.74 bits per heavy atom. The van der Waals surface area contributed by atoms with Gasteiger partial charge in [0.05, 0.1) is 17.7 Å². The van der Waals surface area contributed by atoms with E-state index in [4.69, 9.17) is 14.6 Å². The van der Waals surface area contributed by atoms with Gasteiger partial charge in [0.2, 0.25) is 0 Å². The molecule has 4 rings (SSSR count). The lowest BCUT2D eigenvalue weighted by Crippen LogP contribution is -2.11. The highest BCUT2D eigenvalue weighted by Crippen LogP contribution is 2.49. The number of carboxylic acids is 1. The summed E-state index contributed by atoms with van der Waals surface area (Å²) in [4.78, 5) is 11.8. The Labute approximate surface area is 203 Å². The lowest BCUT2D eigenvalue weighted by atomic mass is 9.81. The van der Waals surface area contributed by atoms with Crippen LogP contribution < -0.4 is 9.47 Å². The van der Waals surface area contributed by atoms with Gasteiger partial charge in [-0.2, -0.15) is 4.37 Å². The summed E-state index contributed by atoms with van der Waals surface area (Å²) in [5.41, 5.74) is 3.96. The van der Waals surface area contributed by atoms with Crippen molar-refractivity contribution < 1.29 is 23.8 Å². The summed E-state index contributed by atoms with van der Waals surface area (Å²) in [5, 5.41) is 8.94. The predicted octanol–water partition coefficient (Wildman–Crippen LogP) is 6.76. The number of benzene rings is 2. The van der Waals surface area contributed by atoms with Gasteiger partial charge in [-0.15, -0.1) is 0 Å². The molecule has 5 nitrogen and oxygen atoms in total. The number of carbonyl (C=O) groups is 1. The number of ether oxygens (including phenoxy) is 2. The zero-order valence-corrected chi connectivity index (χ0v) is 20.4. The van der Waals surface area contributed by atoms with Crippen molar-refractivity contribution in [2.75, 3.05) is 7.11 Å². The van der Waals surface area contributed by atoms with Gasteiger partial charge in [0, 0.05) is 17.5 Å². The summed E-state index contributed by atoms with van der Waals surface area (Å²) >= 11 is 1.32. The van der Waals surface area contributed by atoms with E-state index in [2.05, 4.69) is 24.3 Å². The number of aryl methyl sites for hydroxylation is 1. The predicted molar refractivity (Wildman–Crippen MR) is 132 cm³/mol. The van der Waals surface area contributed by atoms with Crippen molar-refractivity contribution in [2.24, 2.45) is 5.41 Å². The third kappa shape index (κ3) is 5.14. The fourth-order valence-electron chi connectivity index (χ4n) is 4.32. The van der Waals surface area contributed by atoms with Crippen molar-refractivity contribution in [2.45, 2.75) is 46.1 Å². The number of hydrogen-bond donors (Lipinski definition) is 1. The molecular formula is C27H28FNO4S. The number of allylic oxidation sites excluding steroid dienone is 2. The molecule has 0 fully saturated rings. The zero-order valence-electron chi connectivity index (χ0n) is 19.6. The van der Waals surface area contributed by atoms with Crippen LogP contribution in [0.1, 0.15) is 49.1 Å². The van der Waals surface area contributed by atoms with Crippen LogP contribution in [0.3, 0.4) is 0 Å². The molecule has 7 heteroatoms. The molecular weight excluding hydrogens is 453 g/mol. The topological polar surface area (TPSA) is 68.7 Å². The molecule has 1 N–H and O–H groups in total.